The number of carbonyl (C=O) groups is 1. The molecule has 0 spiro atoms. The molecule has 3 aliphatic heterocycles. The van der Waals surface area contributed by atoms with Crippen molar-refractivity contribution in [1.82, 2.24) is 0 Å². The van der Waals surface area contributed by atoms with Gasteiger partial charge in [0.1, 0.15) is 83.5 Å². The predicted molar refractivity (Wildman–Crippen MR) is 145 cm³/mol. The molecule has 2 aromatic rings. The lowest BCUT2D eigenvalue weighted by Gasteiger charge is -2.41. The molecule has 3 heterocycles. The third kappa shape index (κ3) is 5.72. The molecule has 5 rings (SSSR count). The van der Waals surface area contributed by atoms with Crippen LogP contribution in [0.2, 0.25) is 0 Å². The van der Waals surface area contributed by atoms with E-state index >= 15 is 0 Å². The Balaban J connectivity index is 1.59. The molecule has 15 nitrogen and oxygen atoms in total. The molecule has 0 unspecified atom stereocenters. The number of aliphatic hydroxyl groups is 8. The molecule has 44 heavy (non-hydrogen) atoms. The van der Waals surface area contributed by atoms with Crippen LogP contribution in [0.1, 0.15) is 39.6 Å². The second-order valence-corrected chi connectivity index (χ2v) is 11.1. The number of fused-ring (bicyclic) bond motifs is 1. The van der Waals surface area contributed by atoms with Crippen LogP contribution in [0.15, 0.2) is 24.3 Å². The van der Waals surface area contributed by atoms with Crippen molar-refractivity contribution in [2.45, 2.75) is 87.8 Å². The summed E-state index contributed by atoms with van der Waals surface area (Å²) in [5.74, 6) is -0.706. The highest BCUT2D eigenvalue weighted by Crippen LogP contribution is 2.49. The first-order valence-corrected chi connectivity index (χ1v) is 14.0. The van der Waals surface area contributed by atoms with E-state index in [-0.39, 0.29) is 46.1 Å². The molecule has 0 radical (unpaired) electrons. The van der Waals surface area contributed by atoms with Gasteiger partial charge in [0.25, 0.3) is 0 Å². The van der Waals surface area contributed by atoms with Gasteiger partial charge in [0.15, 0.2) is 5.78 Å². The first kappa shape index (κ1) is 32.3. The van der Waals surface area contributed by atoms with Crippen LogP contribution in [0.4, 0.5) is 0 Å². The third-order valence-corrected chi connectivity index (χ3v) is 8.16. The summed E-state index contributed by atoms with van der Waals surface area (Å²) in [4.78, 5) is 13.7. The van der Waals surface area contributed by atoms with Crippen molar-refractivity contribution in [3.63, 3.8) is 0 Å². The molecule has 15 heteroatoms. The van der Waals surface area contributed by atoms with Crippen LogP contribution in [0.25, 0.3) is 0 Å². The highest BCUT2D eigenvalue weighted by Gasteiger charge is 2.48. The first-order chi connectivity index (χ1) is 20.9. The molecule has 9 N–H and O–H groups in total. The average molecular weight is 625 g/mol. The van der Waals surface area contributed by atoms with Gasteiger partial charge in [-0.1, -0.05) is 12.1 Å². The zero-order chi connectivity index (χ0) is 32.0. The van der Waals surface area contributed by atoms with Crippen molar-refractivity contribution < 1.29 is 74.4 Å². The standard InChI is InChI=1S/C29H36O15/c1-10-25(43-28-23(38)21(36)19(34)16(8-30)41-28)11(2)27(44-29-24(39)22(37)20(35)17(9-31)42-29)18-14(33)7-15(40-26(10)18)12-3-5-13(32)6-4-12/h3-6,15-17,19-24,28-32,34-39H,7-9H2,1-2H3/t15-,16+,17+,19+,20+,21-,22-,23+,24-,28-,29-/m0/s1. The zero-order valence-electron chi connectivity index (χ0n) is 23.8. The van der Waals surface area contributed by atoms with Crippen molar-refractivity contribution in [3.8, 4) is 23.0 Å². The summed E-state index contributed by atoms with van der Waals surface area (Å²) in [5.41, 5.74) is 0.866. The summed E-state index contributed by atoms with van der Waals surface area (Å²) in [6, 6.07) is 6.03. The van der Waals surface area contributed by atoms with Crippen LogP contribution >= 0.6 is 0 Å². The molecule has 2 aromatic carbocycles. The summed E-state index contributed by atoms with van der Waals surface area (Å²) in [6.45, 7) is 1.60. The summed E-state index contributed by atoms with van der Waals surface area (Å²) in [5, 5.41) is 91.2. The fourth-order valence-electron chi connectivity index (χ4n) is 5.58. The Bertz CT molecular complexity index is 1350. The Morgan fingerprint density at radius 2 is 1.23 bits per heavy atom. The summed E-state index contributed by atoms with van der Waals surface area (Å²) in [7, 11) is 0. The fourth-order valence-corrected chi connectivity index (χ4v) is 5.58. The number of rotatable bonds is 7. The summed E-state index contributed by atoms with van der Waals surface area (Å²) >= 11 is 0. The van der Waals surface area contributed by atoms with E-state index in [0.717, 1.165) is 0 Å². The number of hydrogen-bond acceptors (Lipinski definition) is 15. The van der Waals surface area contributed by atoms with E-state index in [4.69, 9.17) is 23.7 Å². The maximum Gasteiger partial charge on any atom is 0.229 e. The number of ketones is 1. The smallest absolute Gasteiger partial charge is 0.229 e. The topological polar surface area (TPSA) is 245 Å². The van der Waals surface area contributed by atoms with Crippen molar-refractivity contribution in [2.24, 2.45) is 0 Å². The van der Waals surface area contributed by atoms with Gasteiger partial charge in [-0.15, -0.1) is 0 Å². The normalized spacial score (nSPS) is 35.5. The van der Waals surface area contributed by atoms with Gasteiger partial charge in [-0.25, -0.2) is 0 Å². The maximum atomic E-state index is 13.7. The minimum atomic E-state index is -1.82. The van der Waals surface area contributed by atoms with Gasteiger partial charge in [-0.2, -0.15) is 0 Å². The predicted octanol–water partition coefficient (Wildman–Crippen LogP) is -1.93. The largest absolute Gasteiger partial charge is 0.508 e. The van der Waals surface area contributed by atoms with E-state index in [9.17, 15) is 50.8 Å². The van der Waals surface area contributed by atoms with Gasteiger partial charge in [0.05, 0.1) is 19.6 Å². The number of phenolic OH excluding ortho intramolecular Hbond substituents is 1. The molecule has 0 saturated carbocycles. The van der Waals surface area contributed by atoms with E-state index in [1.807, 2.05) is 0 Å². The average Bonchev–Trinajstić information content (AvgIpc) is 3.01. The van der Waals surface area contributed by atoms with Gasteiger partial charge in [0.2, 0.25) is 12.6 Å². The quantitative estimate of drug-likeness (QED) is 0.163. The number of benzene rings is 2. The summed E-state index contributed by atoms with van der Waals surface area (Å²) in [6.07, 6.45) is -17.3. The van der Waals surface area contributed by atoms with Crippen LogP contribution in [0.5, 0.6) is 23.0 Å². The Morgan fingerprint density at radius 3 is 1.73 bits per heavy atom. The molecule has 0 aliphatic carbocycles. The van der Waals surface area contributed by atoms with Crippen LogP contribution < -0.4 is 14.2 Å². The van der Waals surface area contributed by atoms with E-state index in [2.05, 4.69) is 0 Å². The lowest BCUT2D eigenvalue weighted by molar-refractivity contribution is -0.279. The molecular formula is C29H36O15. The van der Waals surface area contributed by atoms with Crippen LogP contribution in [-0.2, 0) is 9.47 Å². The molecule has 0 bridgehead atoms. The second-order valence-electron chi connectivity index (χ2n) is 11.1. The van der Waals surface area contributed by atoms with Crippen LogP contribution in [0.3, 0.4) is 0 Å². The molecule has 2 fully saturated rings. The lowest BCUT2D eigenvalue weighted by Crippen LogP contribution is -2.60. The number of carbonyl (C=O) groups excluding carboxylic acids is 1. The number of ether oxygens (including phenoxy) is 5. The Hall–Kier alpha value is -3.09. The minimum Gasteiger partial charge on any atom is -0.508 e. The Morgan fingerprint density at radius 1 is 0.727 bits per heavy atom. The van der Waals surface area contributed by atoms with Gasteiger partial charge in [-0.3, -0.25) is 4.79 Å². The molecule has 3 aliphatic rings. The molecule has 2 saturated heterocycles. The number of aliphatic hydroxyl groups excluding tert-OH is 8. The van der Waals surface area contributed by atoms with Crippen molar-refractivity contribution in [2.75, 3.05) is 13.2 Å². The minimum absolute atomic E-state index is 0.00789. The van der Waals surface area contributed by atoms with E-state index < -0.39 is 86.5 Å². The second kappa shape index (κ2) is 12.7. The van der Waals surface area contributed by atoms with Crippen molar-refractivity contribution in [3.05, 3.63) is 46.5 Å². The monoisotopic (exact) mass is 624 g/mol. The van der Waals surface area contributed by atoms with Gasteiger partial charge >= 0.3 is 0 Å². The third-order valence-electron chi connectivity index (χ3n) is 8.16. The number of Topliss-reactive ketones (excluding diaryl/α,β-unsaturated/α-hetero) is 1. The molecule has 0 amide bonds. The SMILES string of the molecule is Cc1c(O[C@@H]2O[C@H](CO)[C@@H](O)[C@H](O)[C@H]2O)c(C)c2c(c1O[C@@H]1O[C@H](CO)[C@@H](O)[C@H](O)[C@@H]1O)C(=O)C[C@@H](c1ccc(O)cc1)O2. The molecule has 242 valence electrons. The number of phenols is 1. The van der Waals surface area contributed by atoms with Crippen LogP contribution in [-0.4, -0.2) is 126 Å². The van der Waals surface area contributed by atoms with Gasteiger partial charge < -0.3 is 69.6 Å². The highest BCUT2D eigenvalue weighted by molar-refractivity contribution is 6.04. The Kier molecular flexibility index (Phi) is 9.34. The maximum absolute atomic E-state index is 13.7. The molecular weight excluding hydrogens is 588 g/mol. The van der Waals surface area contributed by atoms with E-state index in [1.54, 1.807) is 19.1 Å². The number of hydrogen-bond donors (Lipinski definition) is 9. The highest BCUT2D eigenvalue weighted by atomic mass is 16.7. The first-order valence-electron chi connectivity index (χ1n) is 14.0. The van der Waals surface area contributed by atoms with Crippen molar-refractivity contribution in [1.29, 1.82) is 0 Å². The number of aromatic hydroxyl groups is 1. The van der Waals surface area contributed by atoms with E-state index in [0.29, 0.717) is 5.56 Å². The lowest BCUT2D eigenvalue weighted by atomic mass is 9.91. The fraction of sp³-hybridized carbons (Fsp3) is 0.552. The van der Waals surface area contributed by atoms with Gasteiger partial charge in [0, 0.05) is 11.1 Å². The van der Waals surface area contributed by atoms with Crippen molar-refractivity contribution >= 4 is 5.78 Å². The van der Waals surface area contributed by atoms with E-state index in [1.165, 1.54) is 19.1 Å². The molecule has 11 atom stereocenters. The Labute approximate surface area is 251 Å². The zero-order valence-corrected chi connectivity index (χ0v) is 23.8. The van der Waals surface area contributed by atoms with Gasteiger partial charge in [-0.05, 0) is 31.5 Å². The van der Waals surface area contributed by atoms with Crippen LogP contribution in [0, 0.1) is 13.8 Å². The molecule has 0 aromatic heterocycles. The summed E-state index contributed by atoms with van der Waals surface area (Å²) < 4.78 is 29.2.